The minimum Gasteiger partial charge on any atom is -0.335 e. The number of hydrogen-bond donors (Lipinski definition) is 0. The Hall–Kier alpha value is -5.00. The first-order chi connectivity index (χ1) is 29.5. The van der Waals surface area contributed by atoms with Crippen LogP contribution in [-0.4, -0.2) is 20.3 Å². The van der Waals surface area contributed by atoms with Crippen molar-refractivity contribution in [2.45, 2.75) is 134 Å². The van der Waals surface area contributed by atoms with Crippen molar-refractivity contribution in [3.63, 3.8) is 0 Å². The maximum Gasteiger partial charge on any atom is 0.252 e. The van der Waals surface area contributed by atoms with Gasteiger partial charge in [-0.15, -0.1) is 0 Å². The van der Waals surface area contributed by atoms with Gasteiger partial charge in [0.05, 0.1) is 19.2 Å². The molecule has 4 atom stereocenters. The topological polar surface area (TPSA) is 9.72 Å². The Morgan fingerprint density at radius 1 is 0.565 bits per heavy atom. The SMILES string of the molecule is CC(C)(C)c1ccc2c(c1)C1(C)CCc3ccccc3C1(C)N2c1cc2c3c(c1)N1c4c(cc([Si](C)(C)C)cc4C4(C)CCCCC14C)B3c1ccccc1N2c1ccccc1. The van der Waals surface area contributed by atoms with Gasteiger partial charge in [-0.1, -0.05) is 157 Å². The van der Waals surface area contributed by atoms with Crippen LogP contribution in [-0.2, 0) is 28.2 Å². The van der Waals surface area contributed by atoms with Gasteiger partial charge in [-0.05, 0) is 126 Å². The van der Waals surface area contributed by atoms with Crippen molar-refractivity contribution >= 4 is 76.2 Å². The summed E-state index contributed by atoms with van der Waals surface area (Å²) in [5.41, 5.74) is 20.9. The van der Waals surface area contributed by atoms with Crippen LogP contribution in [0.5, 0.6) is 0 Å². The van der Waals surface area contributed by atoms with Crippen LogP contribution in [0.25, 0.3) is 0 Å². The van der Waals surface area contributed by atoms with Crippen LogP contribution in [0.1, 0.15) is 108 Å². The normalized spacial score (nSPS) is 26.3. The molecule has 6 aliphatic rings. The average molecular weight is 828 g/mol. The summed E-state index contributed by atoms with van der Waals surface area (Å²) in [6, 6.07) is 48.2. The molecule has 1 fully saturated rings. The first kappa shape index (κ1) is 38.7. The smallest absolute Gasteiger partial charge is 0.252 e. The molecule has 2 aliphatic carbocycles. The summed E-state index contributed by atoms with van der Waals surface area (Å²) in [6.45, 7) is 25.4. The number of benzene rings is 6. The van der Waals surface area contributed by atoms with E-state index in [-0.39, 0.29) is 34.0 Å². The third kappa shape index (κ3) is 4.69. The van der Waals surface area contributed by atoms with Crippen molar-refractivity contribution < 1.29 is 0 Å². The second-order valence-corrected chi connectivity index (χ2v) is 27.9. The fourth-order valence-electron chi connectivity index (χ4n) is 13.9. The van der Waals surface area contributed by atoms with Crippen LogP contribution < -0.4 is 36.3 Å². The molecule has 6 aromatic rings. The highest BCUT2D eigenvalue weighted by atomic mass is 28.3. The zero-order valence-corrected chi connectivity index (χ0v) is 39.7. The van der Waals surface area contributed by atoms with E-state index in [0.717, 1.165) is 12.8 Å². The summed E-state index contributed by atoms with van der Waals surface area (Å²) in [7, 11) is -1.70. The van der Waals surface area contributed by atoms with E-state index in [9.17, 15) is 0 Å². The molecule has 4 unspecified atom stereocenters. The number of aryl methyl sites for hydroxylation is 1. The van der Waals surface area contributed by atoms with E-state index in [4.69, 9.17) is 0 Å². The molecule has 3 nitrogen and oxygen atoms in total. The van der Waals surface area contributed by atoms with Crippen molar-refractivity contribution in [1.82, 2.24) is 0 Å². The van der Waals surface area contributed by atoms with E-state index < -0.39 is 8.07 Å². The average Bonchev–Trinajstić information content (AvgIpc) is 3.60. The Morgan fingerprint density at radius 2 is 1.27 bits per heavy atom. The van der Waals surface area contributed by atoms with E-state index in [1.165, 1.54) is 104 Å². The van der Waals surface area contributed by atoms with Crippen LogP contribution in [0.2, 0.25) is 19.6 Å². The highest BCUT2D eigenvalue weighted by Gasteiger charge is 2.63. The number of anilines is 7. The molecule has 0 spiro atoms. The summed E-state index contributed by atoms with van der Waals surface area (Å²) in [6.07, 6.45) is 7.17. The molecule has 0 aromatic heterocycles. The molecule has 5 heteroatoms. The molecule has 6 aromatic carbocycles. The van der Waals surface area contributed by atoms with Crippen LogP contribution in [0.3, 0.4) is 0 Å². The van der Waals surface area contributed by atoms with Gasteiger partial charge in [-0.3, -0.25) is 0 Å². The molecule has 0 bridgehead atoms. The Morgan fingerprint density at radius 3 is 2.05 bits per heavy atom. The quantitative estimate of drug-likeness (QED) is 0.164. The van der Waals surface area contributed by atoms with Gasteiger partial charge in [0.2, 0.25) is 0 Å². The van der Waals surface area contributed by atoms with Crippen molar-refractivity contribution in [2.75, 3.05) is 14.7 Å². The van der Waals surface area contributed by atoms with E-state index in [2.05, 4.69) is 204 Å². The minimum absolute atomic E-state index is 0.0382. The Kier molecular flexibility index (Phi) is 7.72. The predicted molar refractivity (Wildman–Crippen MR) is 268 cm³/mol. The third-order valence-electron chi connectivity index (χ3n) is 17.7. The maximum atomic E-state index is 2.94. The molecule has 1 saturated carbocycles. The van der Waals surface area contributed by atoms with Gasteiger partial charge in [0.15, 0.2) is 0 Å². The third-order valence-corrected chi connectivity index (χ3v) is 19.7. The molecule has 312 valence electrons. The molecule has 4 heterocycles. The van der Waals surface area contributed by atoms with Gasteiger partial charge < -0.3 is 14.7 Å². The van der Waals surface area contributed by atoms with E-state index >= 15 is 0 Å². The number of fused-ring (bicyclic) bond motifs is 12. The van der Waals surface area contributed by atoms with E-state index in [1.807, 2.05) is 0 Å². The largest absolute Gasteiger partial charge is 0.335 e. The minimum atomic E-state index is -1.70. The standard InChI is InChI=1S/C57H62BN3Si/c1-53(2,3)38-26-27-47-43(32-38)55(5)31-28-37-20-14-15-23-42(37)57(55,7)60(47)40-33-49-51-50(34-40)61-52-44(54(4)29-18-19-30-56(54,61)6)35-41(62(8,9)10)36-46(52)58(51)45-24-16-17-25-48(45)59(49)39-21-12-11-13-22-39/h11-17,20-27,32-36H,18-19,28-31H2,1-10H3. The van der Waals surface area contributed by atoms with Crippen molar-refractivity contribution in [3.8, 4) is 0 Å². The lowest BCUT2D eigenvalue weighted by molar-refractivity contribution is 0.195. The molecular weight excluding hydrogens is 766 g/mol. The molecule has 0 amide bonds. The monoisotopic (exact) mass is 827 g/mol. The molecule has 0 radical (unpaired) electrons. The van der Waals surface area contributed by atoms with Crippen LogP contribution >= 0.6 is 0 Å². The molecule has 62 heavy (non-hydrogen) atoms. The van der Waals surface area contributed by atoms with Gasteiger partial charge in [-0.2, -0.15) is 0 Å². The zero-order valence-electron chi connectivity index (χ0n) is 38.7. The zero-order chi connectivity index (χ0) is 42.9. The summed E-state index contributed by atoms with van der Waals surface area (Å²) >= 11 is 0. The Balaban J connectivity index is 1.22. The molecule has 4 aliphatic heterocycles. The summed E-state index contributed by atoms with van der Waals surface area (Å²) in [5, 5.41) is 1.60. The Labute approximate surface area is 372 Å². The van der Waals surface area contributed by atoms with Gasteiger partial charge >= 0.3 is 0 Å². The van der Waals surface area contributed by atoms with Gasteiger partial charge in [-0.25, -0.2) is 0 Å². The van der Waals surface area contributed by atoms with Crippen LogP contribution in [0.4, 0.5) is 39.8 Å². The number of nitrogens with zero attached hydrogens (tertiary/aromatic N) is 3. The summed E-state index contributed by atoms with van der Waals surface area (Å²) in [4.78, 5) is 8.39. The maximum absolute atomic E-state index is 2.94. The fraction of sp³-hybridized carbons (Fsp3) is 0.368. The van der Waals surface area contributed by atoms with E-state index in [0.29, 0.717) is 0 Å². The van der Waals surface area contributed by atoms with Crippen molar-refractivity contribution in [3.05, 3.63) is 149 Å². The second-order valence-electron chi connectivity index (χ2n) is 22.8. The number of rotatable bonds is 3. The molecular formula is C57H62BN3Si. The summed E-state index contributed by atoms with van der Waals surface area (Å²) < 4.78 is 0. The molecule has 12 rings (SSSR count). The van der Waals surface area contributed by atoms with Crippen LogP contribution in [0.15, 0.2) is 121 Å². The lowest BCUT2D eigenvalue weighted by Crippen LogP contribution is -2.65. The van der Waals surface area contributed by atoms with Crippen LogP contribution in [0, 0.1) is 0 Å². The molecule has 0 saturated heterocycles. The second kappa shape index (κ2) is 12.4. The van der Waals surface area contributed by atoms with Gasteiger partial charge in [0.25, 0.3) is 6.71 Å². The van der Waals surface area contributed by atoms with E-state index in [1.54, 1.807) is 10.8 Å². The molecule has 0 N–H and O–H groups in total. The predicted octanol–water partition coefficient (Wildman–Crippen LogP) is 12.2. The first-order valence-corrected chi connectivity index (χ1v) is 27.2. The highest BCUT2D eigenvalue weighted by Crippen LogP contribution is 2.66. The Bertz CT molecular complexity index is 2890. The van der Waals surface area contributed by atoms with Gasteiger partial charge in [0.1, 0.15) is 0 Å². The van der Waals surface area contributed by atoms with Crippen molar-refractivity contribution in [2.24, 2.45) is 0 Å². The fourth-order valence-corrected chi connectivity index (χ4v) is 15.0. The van der Waals surface area contributed by atoms with Gasteiger partial charge in [0, 0.05) is 50.6 Å². The number of hydrogen-bond acceptors (Lipinski definition) is 3. The summed E-state index contributed by atoms with van der Waals surface area (Å²) in [5.74, 6) is 0. The number of para-hydroxylation sites is 2. The lowest BCUT2D eigenvalue weighted by atomic mass is 9.33. The first-order valence-electron chi connectivity index (χ1n) is 23.7. The highest BCUT2D eigenvalue weighted by molar-refractivity contribution is 7.01. The lowest BCUT2D eigenvalue weighted by Gasteiger charge is -2.54. The van der Waals surface area contributed by atoms with Crippen molar-refractivity contribution in [1.29, 1.82) is 0 Å².